The van der Waals surface area contributed by atoms with Gasteiger partial charge in [-0.25, -0.2) is 4.79 Å². The Morgan fingerprint density at radius 2 is 2.00 bits per heavy atom. The van der Waals surface area contributed by atoms with Crippen LogP contribution in [-0.2, 0) is 9.47 Å². The van der Waals surface area contributed by atoms with Crippen LogP contribution in [0.2, 0.25) is 0 Å². The zero-order chi connectivity index (χ0) is 16.7. The Morgan fingerprint density at radius 1 is 1.22 bits per heavy atom. The third kappa shape index (κ3) is 7.53. The highest BCUT2D eigenvalue weighted by Gasteiger charge is 2.30. The zero-order valence-corrected chi connectivity index (χ0v) is 15.1. The standard InChI is InChI=1S/C18H34N2O3/c1-18(2,3)23-17(21)20-11-5-4-7-16(20)13-19-10-6-12-22-14-15-8-9-15/h15-16,19H,4-14H2,1-3H3. The van der Waals surface area contributed by atoms with E-state index < -0.39 is 5.60 Å². The van der Waals surface area contributed by atoms with Crippen LogP contribution >= 0.6 is 0 Å². The van der Waals surface area contributed by atoms with Crippen molar-refractivity contribution in [1.29, 1.82) is 0 Å². The van der Waals surface area contributed by atoms with Gasteiger partial charge >= 0.3 is 6.09 Å². The van der Waals surface area contributed by atoms with Gasteiger partial charge in [0.1, 0.15) is 5.60 Å². The smallest absolute Gasteiger partial charge is 0.410 e. The minimum absolute atomic E-state index is 0.170. The molecule has 1 amide bonds. The van der Waals surface area contributed by atoms with E-state index in [1.807, 2.05) is 25.7 Å². The Morgan fingerprint density at radius 3 is 2.70 bits per heavy atom. The van der Waals surface area contributed by atoms with Crippen molar-refractivity contribution in [2.75, 3.05) is 32.8 Å². The normalized spacial score (nSPS) is 22.2. The van der Waals surface area contributed by atoms with Gasteiger partial charge in [0.2, 0.25) is 0 Å². The zero-order valence-electron chi connectivity index (χ0n) is 15.1. The molecule has 1 heterocycles. The molecule has 1 N–H and O–H groups in total. The van der Waals surface area contributed by atoms with Crippen molar-refractivity contribution < 1.29 is 14.3 Å². The summed E-state index contributed by atoms with van der Waals surface area (Å²) in [6.45, 7) is 10.1. The third-order valence-corrected chi connectivity index (χ3v) is 4.33. The van der Waals surface area contributed by atoms with Crippen LogP contribution in [0.5, 0.6) is 0 Å². The third-order valence-electron chi connectivity index (χ3n) is 4.33. The van der Waals surface area contributed by atoms with Crippen LogP contribution in [-0.4, -0.2) is 55.5 Å². The maximum Gasteiger partial charge on any atom is 0.410 e. The minimum atomic E-state index is -0.425. The number of piperidine rings is 1. The maximum atomic E-state index is 12.3. The number of hydrogen-bond acceptors (Lipinski definition) is 4. The van der Waals surface area contributed by atoms with Gasteiger partial charge in [-0.3, -0.25) is 0 Å². The molecule has 1 aliphatic carbocycles. The number of carbonyl (C=O) groups is 1. The first-order valence-electron chi connectivity index (χ1n) is 9.24. The average molecular weight is 326 g/mol. The molecule has 1 saturated carbocycles. The van der Waals surface area contributed by atoms with Crippen LogP contribution in [0.15, 0.2) is 0 Å². The van der Waals surface area contributed by atoms with Gasteiger partial charge in [0, 0.05) is 32.3 Å². The van der Waals surface area contributed by atoms with E-state index in [1.165, 1.54) is 19.3 Å². The van der Waals surface area contributed by atoms with E-state index in [-0.39, 0.29) is 12.1 Å². The second kappa shape index (κ2) is 8.88. The van der Waals surface area contributed by atoms with Crippen LogP contribution in [0.4, 0.5) is 4.79 Å². The number of nitrogens with zero attached hydrogens (tertiary/aromatic N) is 1. The second-order valence-electron chi connectivity index (χ2n) is 7.90. The fourth-order valence-electron chi connectivity index (χ4n) is 2.88. The Hall–Kier alpha value is -0.810. The van der Waals surface area contributed by atoms with E-state index in [2.05, 4.69) is 5.32 Å². The fourth-order valence-corrected chi connectivity index (χ4v) is 2.88. The molecule has 1 unspecified atom stereocenters. The van der Waals surface area contributed by atoms with Crippen molar-refractivity contribution in [3.05, 3.63) is 0 Å². The molecule has 2 aliphatic rings. The summed E-state index contributed by atoms with van der Waals surface area (Å²) in [5.41, 5.74) is -0.425. The molecule has 23 heavy (non-hydrogen) atoms. The number of rotatable bonds is 8. The Kier molecular flexibility index (Phi) is 7.15. The Bertz CT molecular complexity index is 364. The number of carbonyl (C=O) groups excluding carboxylic acids is 1. The summed E-state index contributed by atoms with van der Waals surface area (Å²) in [5, 5.41) is 3.48. The summed E-state index contributed by atoms with van der Waals surface area (Å²) in [5.74, 6) is 0.840. The van der Waals surface area contributed by atoms with Gasteiger partial charge in [0.05, 0.1) is 0 Å². The molecule has 0 bridgehead atoms. The first-order chi connectivity index (χ1) is 11.0. The van der Waals surface area contributed by atoms with E-state index in [9.17, 15) is 4.79 Å². The first kappa shape index (κ1) is 18.5. The molecule has 0 aromatic heterocycles. The molecule has 0 spiro atoms. The average Bonchev–Trinajstić information content (AvgIpc) is 3.29. The maximum absolute atomic E-state index is 12.3. The molecule has 1 atom stereocenters. The van der Waals surface area contributed by atoms with E-state index in [1.54, 1.807) is 0 Å². The van der Waals surface area contributed by atoms with Gasteiger partial charge in [-0.2, -0.15) is 0 Å². The minimum Gasteiger partial charge on any atom is -0.444 e. The highest BCUT2D eigenvalue weighted by molar-refractivity contribution is 5.68. The summed E-state index contributed by atoms with van der Waals surface area (Å²) >= 11 is 0. The molecule has 0 radical (unpaired) electrons. The number of ether oxygens (including phenoxy) is 2. The van der Waals surface area contributed by atoms with E-state index in [0.29, 0.717) is 0 Å². The lowest BCUT2D eigenvalue weighted by Gasteiger charge is -2.37. The van der Waals surface area contributed by atoms with Gasteiger partial charge in [-0.15, -0.1) is 0 Å². The van der Waals surface area contributed by atoms with Crippen molar-refractivity contribution in [2.24, 2.45) is 5.92 Å². The Balaban J connectivity index is 1.61. The predicted molar refractivity (Wildman–Crippen MR) is 91.6 cm³/mol. The summed E-state index contributed by atoms with van der Waals surface area (Å²) in [6.07, 6.45) is 6.88. The number of hydrogen-bond donors (Lipinski definition) is 1. The van der Waals surface area contributed by atoms with Crippen molar-refractivity contribution >= 4 is 6.09 Å². The monoisotopic (exact) mass is 326 g/mol. The second-order valence-corrected chi connectivity index (χ2v) is 7.90. The molecular weight excluding hydrogens is 292 g/mol. The first-order valence-corrected chi connectivity index (χ1v) is 9.24. The lowest BCUT2D eigenvalue weighted by atomic mass is 10.0. The van der Waals surface area contributed by atoms with Crippen molar-refractivity contribution in [3.8, 4) is 0 Å². The molecule has 1 aliphatic heterocycles. The summed E-state index contributed by atoms with van der Waals surface area (Å²) in [4.78, 5) is 14.2. The number of likely N-dealkylation sites (tertiary alicyclic amines) is 1. The van der Waals surface area contributed by atoms with Gasteiger partial charge in [0.25, 0.3) is 0 Å². The lowest BCUT2D eigenvalue weighted by Crippen LogP contribution is -2.50. The van der Waals surface area contributed by atoms with Crippen LogP contribution in [0, 0.1) is 5.92 Å². The fraction of sp³-hybridized carbons (Fsp3) is 0.944. The molecule has 5 heteroatoms. The Labute approximate surface area is 141 Å². The van der Waals surface area contributed by atoms with Gasteiger partial charge in [-0.1, -0.05) is 0 Å². The molecular formula is C18H34N2O3. The van der Waals surface area contributed by atoms with Crippen LogP contribution in [0.1, 0.15) is 59.3 Å². The van der Waals surface area contributed by atoms with Gasteiger partial charge < -0.3 is 19.7 Å². The van der Waals surface area contributed by atoms with E-state index in [4.69, 9.17) is 9.47 Å². The molecule has 1 saturated heterocycles. The highest BCUT2D eigenvalue weighted by Crippen LogP contribution is 2.28. The van der Waals surface area contributed by atoms with Crippen LogP contribution in [0.3, 0.4) is 0 Å². The van der Waals surface area contributed by atoms with E-state index in [0.717, 1.165) is 58.0 Å². The SMILES string of the molecule is CC(C)(C)OC(=O)N1CCCCC1CNCCCOCC1CC1. The molecule has 2 fully saturated rings. The summed E-state index contributed by atoms with van der Waals surface area (Å²) in [7, 11) is 0. The van der Waals surface area contributed by atoms with Gasteiger partial charge in [-0.05, 0) is 71.8 Å². The molecule has 0 aromatic rings. The summed E-state index contributed by atoms with van der Waals surface area (Å²) in [6, 6.07) is 0.256. The summed E-state index contributed by atoms with van der Waals surface area (Å²) < 4.78 is 11.2. The van der Waals surface area contributed by atoms with E-state index >= 15 is 0 Å². The number of nitrogens with one attached hydrogen (secondary N) is 1. The van der Waals surface area contributed by atoms with Crippen molar-refractivity contribution in [2.45, 2.75) is 70.9 Å². The topological polar surface area (TPSA) is 50.8 Å². The van der Waals surface area contributed by atoms with Crippen molar-refractivity contribution in [3.63, 3.8) is 0 Å². The number of amides is 1. The van der Waals surface area contributed by atoms with Crippen LogP contribution in [0.25, 0.3) is 0 Å². The highest BCUT2D eigenvalue weighted by atomic mass is 16.6. The molecule has 5 nitrogen and oxygen atoms in total. The molecule has 2 rings (SSSR count). The van der Waals surface area contributed by atoms with Gasteiger partial charge in [0.15, 0.2) is 0 Å². The molecule has 0 aromatic carbocycles. The van der Waals surface area contributed by atoms with Crippen LogP contribution < -0.4 is 5.32 Å². The quantitative estimate of drug-likeness (QED) is 0.696. The lowest BCUT2D eigenvalue weighted by molar-refractivity contribution is 0.00990. The van der Waals surface area contributed by atoms with Crippen molar-refractivity contribution in [1.82, 2.24) is 10.2 Å². The molecule has 134 valence electrons. The predicted octanol–water partition coefficient (Wildman–Crippen LogP) is 3.18. The largest absolute Gasteiger partial charge is 0.444 e.